The molecule has 0 radical (unpaired) electrons. The van der Waals surface area contributed by atoms with Crippen molar-refractivity contribution in [2.45, 2.75) is 31.7 Å². The van der Waals surface area contributed by atoms with Gasteiger partial charge in [0.15, 0.2) is 0 Å². The van der Waals surface area contributed by atoms with Gasteiger partial charge in [0, 0.05) is 30.5 Å². The van der Waals surface area contributed by atoms with E-state index in [2.05, 4.69) is 15.5 Å². The number of likely N-dealkylation sites (tertiary alicyclic amines) is 1. The van der Waals surface area contributed by atoms with Crippen LogP contribution in [-0.4, -0.2) is 40.9 Å². The molecule has 0 aliphatic carbocycles. The molecular formula is C22H26ClN5O2. The smallest absolute Gasteiger partial charge is 0.313 e. The Bertz CT molecular complexity index is 941. The average molecular weight is 428 g/mol. The van der Waals surface area contributed by atoms with Crippen molar-refractivity contribution in [3.8, 4) is 6.07 Å². The minimum absolute atomic E-state index is 0.0133. The van der Waals surface area contributed by atoms with Crippen LogP contribution in [0.15, 0.2) is 36.5 Å². The fraction of sp³-hybridized carbons (Fsp3) is 0.409. The molecule has 1 aliphatic heterocycles. The number of benzene rings is 1. The van der Waals surface area contributed by atoms with E-state index in [1.165, 1.54) is 25.0 Å². The summed E-state index contributed by atoms with van der Waals surface area (Å²) in [7, 11) is 1.98. The first-order valence-electron chi connectivity index (χ1n) is 10.1. The highest BCUT2D eigenvalue weighted by Gasteiger charge is 2.25. The van der Waals surface area contributed by atoms with E-state index in [-0.39, 0.29) is 17.3 Å². The third kappa shape index (κ3) is 5.41. The molecule has 1 aromatic carbocycles. The van der Waals surface area contributed by atoms with Crippen LogP contribution in [0.4, 0.5) is 5.69 Å². The molecule has 0 bridgehead atoms. The van der Waals surface area contributed by atoms with Gasteiger partial charge in [0.1, 0.15) is 6.07 Å². The molecule has 158 valence electrons. The molecule has 1 aliphatic rings. The summed E-state index contributed by atoms with van der Waals surface area (Å²) in [4.78, 5) is 27.3. The Morgan fingerprint density at radius 3 is 2.53 bits per heavy atom. The summed E-state index contributed by atoms with van der Waals surface area (Å²) >= 11 is 5.94. The molecule has 2 heterocycles. The number of nitrogens with zero attached hydrogens (tertiary/aromatic N) is 3. The highest BCUT2D eigenvalue weighted by Crippen LogP contribution is 2.24. The zero-order chi connectivity index (χ0) is 21.5. The number of hydrogen-bond donors (Lipinski definition) is 2. The predicted octanol–water partition coefficient (Wildman–Crippen LogP) is 3.22. The van der Waals surface area contributed by atoms with Gasteiger partial charge in [-0.3, -0.25) is 14.5 Å². The second kappa shape index (κ2) is 10.3. The lowest BCUT2D eigenvalue weighted by Crippen LogP contribution is -2.43. The van der Waals surface area contributed by atoms with Crippen molar-refractivity contribution in [2.75, 3.05) is 25.0 Å². The number of rotatable bonds is 5. The molecule has 1 unspecified atom stereocenters. The van der Waals surface area contributed by atoms with Gasteiger partial charge in [-0.15, -0.1) is 0 Å². The van der Waals surface area contributed by atoms with Crippen LogP contribution in [0, 0.1) is 11.3 Å². The normalized spacial score (nSPS) is 15.6. The predicted molar refractivity (Wildman–Crippen MR) is 116 cm³/mol. The number of nitriles is 1. The van der Waals surface area contributed by atoms with Crippen molar-refractivity contribution in [2.24, 2.45) is 7.05 Å². The summed E-state index contributed by atoms with van der Waals surface area (Å²) in [6, 6.07) is 10.5. The summed E-state index contributed by atoms with van der Waals surface area (Å²) in [5.74, 6) is -1.57. The summed E-state index contributed by atoms with van der Waals surface area (Å²) in [5.41, 5.74) is 1.56. The van der Waals surface area contributed by atoms with Gasteiger partial charge in [-0.05, 0) is 56.3 Å². The molecule has 0 saturated carbocycles. The second-order valence-electron chi connectivity index (χ2n) is 7.48. The molecular weight excluding hydrogens is 402 g/mol. The fourth-order valence-corrected chi connectivity index (χ4v) is 3.99. The van der Waals surface area contributed by atoms with E-state index >= 15 is 0 Å². The molecule has 1 atom stereocenters. The van der Waals surface area contributed by atoms with Gasteiger partial charge in [-0.25, -0.2) is 0 Å². The van der Waals surface area contributed by atoms with Crippen molar-refractivity contribution in [3.63, 3.8) is 0 Å². The Morgan fingerprint density at radius 1 is 1.17 bits per heavy atom. The van der Waals surface area contributed by atoms with Crippen LogP contribution in [-0.2, 0) is 16.6 Å². The third-order valence-corrected chi connectivity index (χ3v) is 5.65. The molecule has 1 fully saturated rings. The molecule has 7 nitrogen and oxygen atoms in total. The summed E-state index contributed by atoms with van der Waals surface area (Å²) < 4.78 is 2.05. The molecule has 8 heteroatoms. The molecule has 2 amide bonds. The molecule has 2 aromatic rings. The van der Waals surface area contributed by atoms with Gasteiger partial charge in [0.05, 0.1) is 17.3 Å². The van der Waals surface area contributed by atoms with Crippen molar-refractivity contribution in [1.29, 1.82) is 5.26 Å². The van der Waals surface area contributed by atoms with Crippen molar-refractivity contribution in [1.82, 2.24) is 14.8 Å². The number of halogens is 1. The molecule has 0 spiro atoms. The molecule has 30 heavy (non-hydrogen) atoms. The van der Waals surface area contributed by atoms with Crippen LogP contribution >= 0.6 is 11.6 Å². The lowest BCUT2D eigenvalue weighted by atomic mass is 10.1. The van der Waals surface area contributed by atoms with Gasteiger partial charge in [0.25, 0.3) is 0 Å². The van der Waals surface area contributed by atoms with Crippen molar-refractivity contribution >= 4 is 29.1 Å². The van der Waals surface area contributed by atoms with E-state index in [4.69, 9.17) is 11.6 Å². The largest absolute Gasteiger partial charge is 0.353 e. The fourth-order valence-electron chi connectivity index (χ4n) is 3.81. The Kier molecular flexibility index (Phi) is 7.50. The van der Waals surface area contributed by atoms with E-state index in [0.717, 1.165) is 31.6 Å². The van der Waals surface area contributed by atoms with Crippen molar-refractivity contribution in [3.05, 3.63) is 52.8 Å². The SMILES string of the molecule is Cn1cccc1C(CNC(=O)C(=O)Nc1cc(Cl)ccc1C#N)N1CCCCCC1. The number of carbonyl (C=O) groups is 2. The first-order chi connectivity index (χ1) is 14.5. The maximum Gasteiger partial charge on any atom is 0.313 e. The highest BCUT2D eigenvalue weighted by atomic mass is 35.5. The van der Waals surface area contributed by atoms with E-state index < -0.39 is 11.8 Å². The van der Waals surface area contributed by atoms with Crippen LogP contribution in [0.2, 0.25) is 5.02 Å². The Morgan fingerprint density at radius 2 is 1.90 bits per heavy atom. The number of nitrogens with one attached hydrogen (secondary N) is 2. The molecule has 1 aromatic heterocycles. The Labute approximate surface area is 181 Å². The molecule has 3 rings (SSSR count). The maximum atomic E-state index is 12.5. The Balaban J connectivity index is 1.68. The van der Waals surface area contributed by atoms with Crippen molar-refractivity contribution < 1.29 is 9.59 Å². The minimum atomic E-state index is -0.824. The lowest BCUT2D eigenvalue weighted by Gasteiger charge is -2.31. The number of carbonyl (C=O) groups excluding carboxylic acids is 2. The average Bonchev–Trinajstić information content (AvgIpc) is 2.98. The molecule has 1 saturated heterocycles. The van der Waals surface area contributed by atoms with Crippen LogP contribution < -0.4 is 10.6 Å². The van der Waals surface area contributed by atoms with Crippen LogP contribution in [0.25, 0.3) is 0 Å². The maximum absolute atomic E-state index is 12.5. The van der Waals surface area contributed by atoms with E-state index in [1.54, 1.807) is 6.07 Å². The number of hydrogen-bond acceptors (Lipinski definition) is 4. The minimum Gasteiger partial charge on any atom is -0.353 e. The Hall–Kier alpha value is -2.82. The van der Waals surface area contributed by atoms with Crippen LogP contribution in [0.1, 0.15) is 43.0 Å². The van der Waals surface area contributed by atoms with E-state index in [1.807, 2.05) is 36.0 Å². The second-order valence-corrected chi connectivity index (χ2v) is 7.91. The van der Waals surface area contributed by atoms with Crippen LogP contribution in [0.5, 0.6) is 0 Å². The summed E-state index contributed by atoms with van der Waals surface area (Å²) in [5, 5.41) is 14.8. The van der Waals surface area contributed by atoms with Crippen LogP contribution in [0.3, 0.4) is 0 Å². The zero-order valence-electron chi connectivity index (χ0n) is 17.0. The highest BCUT2D eigenvalue weighted by molar-refractivity contribution is 6.40. The first-order valence-corrected chi connectivity index (χ1v) is 10.5. The monoisotopic (exact) mass is 427 g/mol. The van der Waals surface area contributed by atoms with Gasteiger partial charge in [-0.2, -0.15) is 5.26 Å². The quantitative estimate of drug-likeness (QED) is 0.717. The van der Waals surface area contributed by atoms with E-state index in [0.29, 0.717) is 11.6 Å². The third-order valence-electron chi connectivity index (χ3n) is 5.42. The number of aromatic nitrogens is 1. The molecule has 2 N–H and O–H groups in total. The lowest BCUT2D eigenvalue weighted by molar-refractivity contribution is -0.136. The summed E-state index contributed by atoms with van der Waals surface area (Å²) in [6.07, 6.45) is 6.66. The standard InChI is InChI=1S/C22H26ClN5O2/c1-27-10-6-7-19(27)20(28-11-4-2-3-5-12-28)15-25-21(29)22(30)26-18-13-17(23)9-8-16(18)14-24/h6-10,13,20H,2-5,11-12,15H2,1H3,(H,25,29)(H,26,30). The van der Waals surface area contributed by atoms with Gasteiger partial charge in [-0.1, -0.05) is 24.4 Å². The summed E-state index contributed by atoms with van der Waals surface area (Å²) in [6.45, 7) is 2.25. The topological polar surface area (TPSA) is 90.2 Å². The number of anilines is 1. The zero-order valence-corrected chi connectivity index (χ0v) is 17.8. The number of amides is 2. The first kappa shape index (κ1) is 21.9. The van der Waals surface area contributed by atoms with Gasteiger partial charge < -0.3 is 15.2 Å². The van der Waals surface area contributed by atoms with Gasteiger partial charge in [0.2, 0.25) is 0 Å². The number of aryl methyl sites for hydroxylation is 1. The van der Waals surface area contributed by atoms with E-state index in [9.17, 15) is 14.9 Å². The van der Waals surface area contributed by atoms with Gasteiger partial charge >= 0.3 is 11.8 Å².